The first-order valence-electron chi connectivity index (χ1n) is 12.3. The summed E-state index contributed by atoms with van der Waals surface area (Å²) < 4.78 is 16.1. The zero-order chi connectivity index (χ0) is 25.4. The van der Waals surface area contributed by atoms with Crippen LogP contribution in [0.5, 0.6) is 0 Å². The van der Waals surface area contributed by atoms with Crippen LogP contribution in [0.3, 0.4) is 0 Å². The molecule has 188 valence electrons. The molecule has 2 aromatic rings. The standard InChI is InChI=1S/C28H28O8/c1-28(12-6-7-13-28)36-26(32)23-21-18-10-4-2-8-16(18)20(17-9-3-5-11-19(17)21)22(23)25(31)34-14-15-35-27(33)24(29)30/h2-5,8-11,20-23H,6-7,12-15H2,1H3,(H,29,30). The zero-order valence-electron chi connectivity index (χ0n) is 20.0. The summed E-state index contributed by atoms with van der Waals surface area (Å²) in [5.74, 6) is -6.50. The smallest absolute Gasteiger partial charge is 0.417 e. The van der Waals surface area contributed by atoms with Gasteiger partial charge >= 0.3 is 23.9 Å². The third-order valence-corrected chi connectivity index (χ3v) is 7.73. The van der Waals surface area contributed by atoms with E-state index in [1.165, 1.54) is 0 Å². The number of aliphatic carboxylic acids is 1. The van der Waals surface area contributed by atoms with Crippen molar-refractivity contribution in [3.05, 3.63) is 70.8 Å². The van der Waals surface area contributed by atoms with E-state index in [4.69, 9.17) is 14.6 Å². The minimum atomic E-state index is -1.72. The fraction of sp³-hybridized carbons (Fsp3) is 0.429. The molecule has 4 aliphatic rings. The van der Waals surface area contributed by atoms with E-state index in [2.05, 4.69) is 4.74 Å². The molecule has 0 aliphatic heterocycles. The van der Waals surface area contributed by atoms with Crippen LogP contribution in [0.25, 0.3) is 0 Å². The van der Waals surface area contributed by atoms with Gasteiger partial charge in [-0.2, -0.15) is 0 Å². The van der Waals surface area contributed by atoms with Crippen molar-refractivity contribution in [2.75, 3.05) is 13.2 Å². The predicted octanol–water partition coefficient (Wildman–Crippen LogP) is 3.56. The highest BCUT2D eigenvalue weighted by Gasteiger charge is 2.57. The lowest BCUT2D eigenvalue weighted by atomic mass is 9.54. The molecule has 2 bridgehead atoms. The Morgan fingerprint density at radius 2 is 1.22 bits per heavy atom. The average Bonchev–Trinajstić information content (AvgIpc) is 3.31. The van der Waals surface area contributed by atoms with E-state index in [9.17, 15) is 19.2 Å². The van der Waals surface area contributed by atoms with E-state index >= 15 is 0 Å². The third kappa shape index (κ3) is 4.14. The van der Waals surface area contributed by atoms with Gasteiger partial charge in [0.15, 0.2) is 0 Å². The third-order valence-electron chi connectivity index (χ3n) is 7.73. The molecule has 0 aromatic heterocycles. The van der Waals surface area contributed by atoms with Crippen molar-refractivity contribution in [1.29, 1.82) is 0 Å². The normalized spacial score (nSPS) is 24.8. The van der Waals surface area contributed by atoms with Crippen molar-refractivity contribution < 1.29 is 38.5 Å². The van der Waals surface area contributed by atoms with Crippen LogP contribution < -0.4 is 0 Å². The van der Waals surface area contributed by atoms with Crippen molar-refractivity contribution in [2.24, 2.45) is 11.8 Å². The molecular formula is C28H28O8. The SMILES string of the molecule is CC1(OC(=O)C2C3c4ccccc4C(c4ccccc43)C2C(=O)OCCOC(=O)C(=O)O)CCCC1. The maximum absolute atomic E-state index is 13.8. The lowest BCUT2D eigenvalue weighted by Crippen LogP contribution is -2.49. The maximum Gasteiger partial charge on any atom is 0.417 e. The minimum absolute atomic E-state index is 0.311. The molecule has 8 nitrogen and oxygen atoms in total. The second-order valence-corrected chi connectivity index (χ2v) is 9.95. The Balaban J connectivity index is 1.48. The Kier molecular flexibility index (Phi) is 6.28. The summed E-state index contributed by atoms with van der Waals surface area (Å²) in [7, 11) is 0. The summed E-state index contributed by atoms with van der Waals surface area (Å²) in [6.07, 6.45) is 3.56. The molecule has 1 fully saturated rings. The van der Waals surface area contributed by atoms with E-state index in [1.807, 2.05) is 55.5 Å². The first kappa shape index (κ1) is 24.0. The number of carboxylic acid groups (broad SMARTS) is 1. The average molecular weight is 493 g/mol. The molecule has 1 N–H and O–H groups in total. The number of ether oxygens (including phenoxy) is 3. The van der Waals surface area contributed by atoms with Gasteiger partial charge in [0, 0.05) is 11.8 Å². The fourth-order valence-electron chi connectivity index (χ4n) is 6.21. The Labute approximate surface area is 208 Å². The topological polar surface area (TPSA) is 116 Å². The van der Waals surface area contributed by atoms with Crippen molar-refractivity contribution in [3.63, 3.8) is 0 Å². The van der Waals surface area contributed by atoms with Crippen molar-refractivity contribution in [1.82, 2.24) is 0 Å². The second-order valence-electron chi connectivity index (χ2n) is 9.95. The summed E-state index contributed by atoms with van der Waals surface area (Å²) in [5.41, 5.74) is 3.44. The van der Waals surface area contributed by atoms with E-state index < -0.39 is 53.8 Å². The molecular weight excluding hydrogens is 464 g/mol. The Morgan fingerprint density at radius 1 is 0.778 bits per heavy atom. The Morgan fingerprint density at radius 3 is 1.69 bits per heavy atom. The van der Waals surface area contributed by atoms with Crippen LogP contribution in [-0.4, -0.2) is 47.8 Å². The second kappa shape index (κ2) is 9.41. The fourth-order valence-corrected chi connectivity index (χ4v) is 6.21. The molecule has 2 atom stereocenters. The predicted molar refractivity (Wildman–Crippen MR) is 126 cm³/mol. The molecule has 0 radical (unpaired) electrons. The molecule has 0 spiro atoms. The molecule has 0 saturated heterocycles. The minimum Gasteiger partial charge on any atom is -0.473 e. The van der Waals surface area contributed by atoms with Crippen LogP contribution in [0, 0.1) is 11.8 Å². The van der Waals surface area contributed by atoms with Crippen LogP contribution in [0.4, 0.5) is 0 Å². The summed E-state index contributed by atoms with van der Waals surface area (Å²) in [4.78, 5) is 49.2. The number of fused-ring (bicyclic) bond motifs is 1. The van der Waals surface area contributed by atoms with Gasteiger partial charge in [0.05, 0.1) is 11.8 Å². The van der Waals surface area contributed by atoms with Crippen molar-refractivity contribution in [2.45, 2.75) is 50.0 Å². The molecule has 4 aliphatic carbocycles. The molecule has 0 amide bonds. The lowest BCUT2D eigenvalue weighted by molar-refractivity contribution is -0.174. The van der Waals surface area contributed by atoms with Crippen LogP contribution in [0.2, 0.25) is 0 Å². The van der Waals surface area contributed by atoms with E-state index in [0.29, 0.717) is 0 Å². The summed E-state index contributed by atoms with van der Waals surface area (Å²) >= 11 is 0. The maximum atomic E-state index is 13.8. The van der Waals surface area contributed by atoms with Gasteiger partial charge in [-0.1, -0.05) is 48.5 Å². The highest BCUT2D eigenvalue weighted by molar-refractivity contribution is 6.28. The van der Waals surface area contributed by atoms with Gasteiger partial charge in [-0.05, 0) is 54.9 Å². The molecule has 36 heavy (non-hydrogen) atoms. The van der Waals surface area contributed by atoms with Gasteiger partial charge in [-0.25, -0.2) is 9.59 Å². The number of esters is 3. The van der Waals surface area contributed by atoms with Crippen molar-refractivity contribution in [3.8, 4) is 0 Å². The molecule has 8 heteroatoms. The lowest BCUT2D eigenvalue weighted by Gasteiger charge is -2.48. The van der Waals surface area contributed by atoms with Crippen LogP contribution in [-0.2, 0) is 33.4 Å². The summed E-state index contributed by atoms with van der Waals surface area (Å²) in [6.45, 7) is 1.25. The largest absolute Gasteiger partial charge is 0.473 e. The number of carbonyl (C=O) groups excluding carboxylic acids is 3. The molecule has 0 heterocycles. The number of benzene rings is 2. The van der Waals surface area contributed by atoms with Gasteiger partial charge in [0.2, 0.25) is 0 Å². The van der Waals surface area contributed by atoms with Gasteiger partial charge in [-0.15, -0.1) is 0 Å². The van der Waals surface area contributed by atoms with E-state index in [0.717, 1.165) is 47.9 Å². The van der Waals surface area contributed by atoms with Crippen LogP contribution >= 0.6 is 0 Å². The van der Waals surface area contributed by atoms with Crippen LogP contribution in [0.1, 0.15) is 66.7 Å². The van der Waals surface area contributed by atoms with E-state index in [-0.39, 0.29) is 12.5 Å². The Bertz CT molecular complexity index is 1160. The first-order chi connectivity index (χ1) is 17.3. The van der Waals surface area contributed by atoms with Gasteiger partial charge in [0.25, 0.3) is 0 Å². The zero-order valence-corrected chi connectivity index (χ0v) is 20.0. The number of rotatable bonds is 6. The van der Waals surface area contributed by atoms with Gasteiger partial charge < -0.3 is 19.3 Å². The number of carbonyl (C=O) groups is 4. The van der Waals surface area contributed by atoms with E-state index in [1.54, 1.807) is 0 Å². The number of hydrogen-bond acceptors (Lipinski definition) is 7. The Hall–Kier alpha value is -3.68. The highest BCUT2D eigenvalue weighted by atomic mass is 16.6. The van der Waals surface area contributed by atoms with Crippen molar-refractivity contribution >= 4 is 23.9 Å². The molecule has 1 saturated carbocycles. The first-order valence-corrected chi connectivity index (χ1v) is 12.3. The number of carboxylic acids is 1. The summed E-state index contributed by atoms with van der Waals surface area (Å²) in [5, 5.41) is 8.65. The van der Waals surface area contributed by atoms with Gasteiger partial charge in [-0.3, -0.25) is 9.59 Å². The molecule has 2 unspecified atom stereocenters. The summed E-state index contributed by atoms with van der Waals surface area (Å²) in [6, 6.07) is 15.7. The van der Waals surface area contributed by atoms with Crippen LogP contribution in [0.15, 0.2) is 48.5 Å². The molecule has 6 rings (SSSR count). The number of hydrogen-bond donors (Lipinski definition) is 1. The monoisotopic (exact) mass is 492 g/mol. The van der Waals surface area contributed by atoms with Gasteiger partial charge in [0.1, 0.15) is 18.8 Å². The molecule has 2 aromatic carbocycles. The quantitative estimate of drug-likeness (QED) is 0.282. The highest BCUT2D eigenvalue weighted by Crippen LogP contribution is 2.59.